The molecule has 2 heterocycles. The number of hydrogen-bond donors (Lipinski definition) is 1. The van der Waals surface area contributed by atoms with E-state index in [0.29, 0.717) is 33.9 Å². The van der Waals surface area contributed by atoms with Gasteiger partial charge in [0.15, 0.2) is 5.16 Å². The first-order valence-corrected chi connectivity index (χ1v) is 11.3. The monoisotopic (exact) mass is 455 g/mol. The molecule has 1 aromatic heterocycles. The van der Waals surface area contributed by atoms with Gasteiger partial charge < -0.3 is 14.6 Å². The first-order valence-electron chi connectivity index (χ1n) is 9.97. The molecule has 31 heavy (non-hydrogen) atoms. The van der Waals surface area contributed by atoms with Crippen LogP contribution in [0, 0.1) is 0 Å². The number of benzene rings is 2. The zero-order valence-corrected chi connectivity index (χ0v) is 18.8. The Balaban J connectivity index is 1.60. The van der Waals surface area contributed by atoms with E-state index in [1.807, 2.05) is 62.5 Å². The molecule has 0 fully saturated rings. The fourth-order valence-electron chi connectivity index (χ4n) is 3.67. The van der Waals surface area contributed by atoms with Gasteiger partial charge in [-0.15, -0.1) is 0 Å². The molecule has 1 atom stereocenters. The van der Waals surface area contributed by atoms with Crippen LogP contribution in [0.2, 0.25) is 5.02 Å². The van der Waals surface area contributed by atoms with Gasteiger partial charge in [-0.05, 0) is 41.1 Å². The summed E-state index contributed by atoms with van der Waals surface area (Å²) in [5.41, 5.74) is 2.08. The number of carbonyl (C=O) groups excluding carboxylic acids is 1. The van der Waals surface area contributed by atoms with Crippen LogP contribution < -0.4 is 15.6 Å². The van der Waals surface area contributed by atoms with E-state index < -0.39 is 0 Å². The molecule has 0 bridgehead atoms. The number of nitrogens with zero attached hydrogens (tertiary/aromatic N) is 2. The normalized spacial score (nSPS) is 15.3. The lowest BCUT2D eigenvalue weighted by Gasteiger charge is -2.27. The van der Waals surface area contributed by atoms with Crippen LogP contribution in [0.3, 0.4) is 0 Å². The highest BCUT2D eigenvalue weighted by molar-refractivity contribution is 7.99. The Morgan fingerprint density at radius 3 is 2.71 bits per heavy atom. The number of hydrogen-bond acceptors (Lipinski definition) is 5. The molecule has 0 radical (unpaired) electrons. The number of fused-ring (bicyclic) bond motifs is 1. The molecular weight excluding hydrogens is 434 g/mol. The number of thioether (sulfide) groups is 1. The summed E-state index contributed by atoms with van der Waals surface area (Å²) in [7, 11) is 1.82. The fourth-order valence-corrected chi connectivity index (χ4v) is 4.57. The fraction of sp³-hybridized carbons (Fsp3) is 0.261. The minimum Gasteiger partial charge on any atom is -0.489 e. The van der Waals surface area contributed by atoms with Crippen molar-refractivity contribution in [2.75, 3.05) is 11.1 Å². The summed E-state index contributed by atoms with van der Waals surface area (Å²) in [5.74, 6) is 1.54. The van der Waals surface area contributed by atoms with Gasteiger partial charge in [0, 0.05) is 24.4 Å². The minimum absolute atomic E-state index is 0.118. The number of rotatable bonds is 6. The van der Waals surface area contributed by atoms with Gasteiger partial charge in [0.25, 0.3) is 5.56 Å². The second-order valence-corrected chi connectivity index (χ2v) is 8.91. The summed E-state index contributed by atoms with van der Waals surface area (Å²) in [4.78, 5) is 29.5. The van der Waals surface area contributed by atoms with Crippen LogP contribution >= 0.6 is 23.4 Å². The van der Waals surface area contributed by atoms with E-state index in [0.717, 1.165) is 16.9 Å². The predicted molar refractivity (Wildman–Crippen MR) is 123 cm³/mol. The standard InChI is InChI=1S/C23H22ClN3O3S/c1-3-31-23-26-22(29)20-18(12-19(28)25-21(20)27(23)2)15-7-9-17(10-8-15)30-13-14-5-4-6-16(24)11-14/h4-11,18H,3,12-13H2,1-2H3,(H,25,28). The minimum atomic E-state index is -0.349. The SMILES string of the molecule is CCSc1nc(=O)c2c(n1C)NC(=O)CC2c1ccc(OCc2cccc(Cl)c2)cc1. The summed E-state index contributed by atoms with van der Waals surface area (Å²) < 4.78 is 7.64. The average molecular weight is 456 g/mol. The second kappa shape index (κ2) is 9.16. The molecule has 8 heteroatoms. The molecule has 4 rings (SSSR count). The highest BCUT2D eigenvalue weighted by atomic mass is 35.5. The van der Waals surface area contributed by atoms with Crippen LogP contribution in [0.4, 0.5) is 5.82 Å². The quantitative estimate of drug-likeness (QED) is 0.434. The van der Waals surface area contributed by atoms with E-state index in [2.05, 4.69) is 10.3 Å². The van der Waals surface area contributed by atoms with Crippen molar-refractivity contribution >= 4 is 35.1 Å². The molecule has 1 N–H and O–H groups in total. The largest absolute Gasteiger partial charge is 0.489 e. The van der Waals surface area contributed by atoms with Crippen molar-refractivity contribution in [2.24, 2.45) is 7.05 Å². The van der Waals surface area contributed by atoms with Crippen molar-refractivity contribution in [3.63, 3.8) is 0 Å². The van der Waals surface area contributed by atoms with Crippen LogP contribution in [0.1, 0.15) is 36.0 Å². The number of aromatic nitrogens is 2. The number of amides is 1. The Hall–Kier alpha value is -2.77. The molecule has 160 valence electrons. The Morgan fingerprint density at radius 2 is 2.00 bits per heavy atom. The molecule has 3 aromatic rings. The Kier molecular flexibility index (Phi) is 6.34. The lowest BCUT2D eigenvalue weighted by Crippen LogP contribution is -2.33. The van der Waals surface area contributed by atoms with Crippen molar-refractivity contribution in [1.29, 1.82) is 0 Å². The van der Waals surface area contributed by atoms with E-state index in [1.54, 1.807) is 4.57 Å². The molecule has 1 aliphatic rings. The van der Waals surface area contributed by atoms with Crippen LogP contribution in [0.5, 0.6) is 5.75 Å². The zero-order chi connectivity index (χ0) is 22.0. The number of carbonyl (C=O) groups is 1. The van der Waals surface area contributed by atoms with Crippen LogP contribution in [0.25, 0.3) is 0 Å². The molecule has 6 nitrogen and oxygen atoms in total. The summed E-state index contributed by atoms with van der Waals surface area (Å²) in [6, 6.07) is 15.0. The Labute approximate surface area is 189 Å². The van der Waals surface area contributed by atoms with E-state index in [4.69, 9.17) is 16.3 Å². The van der Waals surface area contributed by atoms with Gasteiger partial charge in [-0.3, -0.25) is 9.59 Å². The third kappa shape index (κ3) is 4.62. The summed E-state index contributed by atoms with van der Waals surface area (Å²) in [6.07, 6.45) is 0.201. The molecule has 0 saturated carbocycles. The molecule has 2 aromatic carbocycles. The van der Waals surface area contributed by atoms with Crippen LogP contribution in [0.15, 0.2) is 58.5 Å². The summed E-state index contributed by atoms with van der Waals surface area (Å²) in [6.45, 7) is 2.39. The third-order valence-electron chi connectivity index (χ3n) is 5.15. The zero-order valence-electron chi connectivity index (χ0n) is 17.2. The Bertz CT molecular complexity index is 1180. The van der Waals surface area contributed by atoms with E-state index >= 15 is 0 Å². The maximum Gasteiger partial charge on any atom is 0.279 e. The molecule has 0 spiro atoms. The molecule has 0 saturated heterocycles. The highest BCUT2D eigenvalue weighted by Gasteiger charge is 2.32. The summed E-state index contributed by atoms with van der Waals surface area (Å²) in [5, 5.41) is 4.12. The van der Waals surface area contributed by atoms with Crippen molar-refractivity contribution in [3.8, 4) is 5.75 Å². The maximum atomic E-state index is 12.8. The Morgan fingerprint density at radius 1 is 1.23 bits per heavy atom. The second-order valence-electron chi connectivity index (χ2n) is 7.25. The maximum absolute atomic E-state index is 12.8. The molecular formula is C23H22ClN3O3S. The van der Waals surface area contributed by atoms with Crippen molar-refractivity contribution in [2.45, 2.75) is 31.0 Å². The lowest BCUT2D eigenvalue weighted by atomic mass is 9.87. The first-order chi connectivity index (χ1) is 15.0. The molecule has 1 aliphatic heterocycles. The highest BCUT2D eigenvalue weighted by Crippen LogP contribution is 2.36. The van der Waals surface area contributed by atoms with Gasteiger partial charge in [0.05, 0.1) is 5.56 Å². The van der Waals surface area contributed by atoms with Gasteiger partial charge in [-0.25, -0.2) is 0 Å². The number of nitrogens with one attached hydrogen (secondary N) is 1. The van der Waals surface area contributed by atoms with E-state index in [9.17, 15) is 9.59 Å². The number of anilines is 1. The molecule has 0 aliphatic carbocycles. The van der Waals surface area contributed by atoms with Crippen molar-refractivity contribution < 1.29 is 9.53 Å². The van der Waals surface area contributed by atoms with Gasteiger partial charge in [0.2, 0.25) is 5.91 Å². The first kappa shape index (κ1) is 21.5. The molecule has 1 amide bonds. The van der Waals surface area contributed by atoms with Gasteiger partial charge in [-0.2, -0.15) is 4.98 Å². The smallest absolute Gasteiger partial charge is 0.279 e. The van der Waals surface area contributed by atoms with Gasteiger partial charge in [-0.1, -0.05) is 54.6 Å². The van der Waals surface area contributed by atoms with Gasteiger partial charge >= 0.3 is 0 Å². The molecule has 1 unspecified atom stereocenters. The topological polar surface area (TPSA) is 73.2 Å². The van der Waals surface area contributed by atoms with E-state index in [1.165, 1.54) is 11.8 Å². The summed E-state index contributed by atoms with van der Waals surface area (Å²) >= 11 is 7.49. The number of ether oxygens (including phenoxy) is 1. The van der Waals surface area contributed by atoms with Gasteiger partial charge in [0.1, 0.15) is 18.2 Å². The van der Waals surface area contributed by atoms with Crippen LogP contribution in [-0.4, -0.2) is 21.2 Å². The van der Waals surface area contributed by atoms with Crippen LogP contribution in [-0.2, 0) is 18.4 Å². The van der Waals surface area contributed by atoms with E-state index in [-0.39, 0.29) is 23.8 Å². The third-order valence-corrected chi connectivity index (χ3v) is 6.30. The lowest BCUT2D eigenvalue weighted by molar-refractivity contribution is -0.116. The number of halogens is 1. The predicted octanol–water partition coefficient (Wildman–Crippen LogP) is 4.60. The average Bonchev–Trinajstić information content (AvgIpc) is 2.76. The van der Waals surface area contributed by atoms with Crippen molar-refractivity contribution in [1.82, 2.24) is 9.55 Å². The van der Waals surface area contributed by atoms with Crippen molar-refractivity contribution in [3.05, 3.63) is 80.6 Å².